The van der Waals surface area contributed by atoms with E-state index in [9.17, 15) is 0 Å². The van der Waals surface area contributed by atoms with Crippen LogP contribution in [0.25, 0.3) is 5.52 Å². The Morgan fingerprint density at radius 1 is 1.12 bits per heavy atom. The van der Waals surface area contributed by atoms with Crippen molar-refractivity contribution in [1.82, 2.24) is 14.6 Å². The molecule has 0 bridgehead atoms. The lowest BCUT2D eigenvalue weighted by molar-refractivity contribution is 0.961. The third-order valence-corrected chi connectivity index (χ3v) is 2.65. The summed E-state index contributed by atoms with van der Waals surface area (Å²) < 4.78 is 1.88. The van der Waals surface area contributed by atoms with E-state index >= 15 is 0 Å². The highest BCUT2D eigenvalue weighted by molar-refractivity contribution is 5.55. The zero-order chi connectivity index (χ0) is 11.5. The van der Waals surface area contributed by atoms with Gasteiger partial charge in [0, 0.05) is 30.7 Å². The van der Waals surface area contributed by atoms with Gasteiger partial charge >= 0.3 is 0 Å². The SMILES string of the molecule is c1cncc(NCc2cnn3ccccc23)c1. The summed E-state index contributed by atoms with van der Waals surface area (Å²) in [5.41, 5.74) is 3.32. The van der Waals surface area contributed by atoms with Gasteiger partial charge in [0.2, 0.25) is 0 Å². The fraction of sp³-hybridized carbons (Fsp3) is 0.0769. The Hall–Kier alpha value is -2.36. The van der Waals surface area contributed by atoms with Crippen molar-refractivity contribution < 1.29 is 0 Å². The number of nitrogens with zero attached hydrogens (tertiary/aromatic N) is 3. The molecule has 0 unspecified atom stereocenters. The lowest BCUT2D eigenvalue weighted by atomic mass is 10.2. The Morgan fingerprint density at radius 3 is 3.00 bits per heavy atom. The molecule has 3 aromatic heterocycles. The summed E-state index contributed by atoms with van der Waals surface area (Å²) in [6, 6.07) is 9.97. The number of hydrogen-bond acceptors (Lipinski definition) is 3. The average Bonchev–Trinajstić information content (AvgIpc) is 2.81. The largest absolute Gasteiger partial charge is 0.380 e. The molecule has 4 nitrogen and oxygen atoms in total. The molecule has 0 saturated carbocycles. The van der Waals surface area contributed by atoms with Gasteiger partial charge in [-0.05, 0) is 24.3 Å². The van der Waals surface area contributed by atoms with Gasteiger partial charge in [-0.25, -0.2) is 4.52 Å². The Bertz CT molecular complexity index is 615. The van der Waals surface area contributed by atoms with Crippen LogP contribution in [0, 0.1) is 0 Å². The van der Waals surface area contributed by atoms with Crippen molar-refractivity contribution in [3.8, 4) is 0 Å². The van der Waals surface area contributed by atoms with E-state index in [4.69, 9.17) is 0 Å². The molecule has 1 N–H and O–H groups in total. The summed E-state index contributed by atoms with van der Waals surface area (Å²) in [5.74, 6) is 0. The lowest BCUT2D eigenvalue weighted by Crippen LogP contribution is -1.99. The second kappa shape index (κ2) is 4.25. The van der Waals surface area contributed by atoms with Crippen LogP contribution in [-0.2, 0) is 6.54 Å². The van der Waals surface area contributed by atoms with E-state index in [0.717, 1.165) is 17.7 Å². The van der Waals surface area contributed by atoms with E-state index in [1.807, 2.05) is 47.4 Å². The maximum Gasteiger partial charge on any atom is 0.0711 e. The summed E-state index contributed by atoms with van der Waals surface area (Å²) in [6.07, 6.45) is 7.41. The maximum atomic E-state index is 4.29. The minimum absolute atomic E-state index is 0.749. The van der Waals surface area contributed by atoms with E-state index < -0.39 is 0 Å². The van der Waals surface area contributed by atoms with Gasteiger partial charge < -0.3 is 5.32 Å². The molecule has 0 radical (unpaired) electrons. The van der Waals surface area contributed by atoms with E-state index in [0.29, 0.717) is 0 Å². The van der Waals surface area contributed by atoms with Crippen molar-refractivity contribution in [3.05, 3.63) is 60.7 Å². The first-order valence-corrected chi connectivity index (χ1v) is 5.48. The van der Waals surface area contributed by atoms with Gasteiger partial charge in [-0.1, -0.05) is 6.07 Å². The minimum atomic E-state index is 0.749. The molecule has 3 rings (SSSR count). The first-order valence-electron chi connectivity index (χ1n) is 5.48. The molecule has 84 valence electrons. The van der Waals surface area contributed by atoms with Crippen LogP contribution in [0.3, 0.4) is 0 Å². The second-order valence-corrected chi connectivity index (χ2v) is 3.80. The highest BCUT2D eigenvalue weighted by atomic mass is 15.2. The Kier molecular flexibility index (Phi) is 2.46. The monoisotopic (exact) mass is 224 g/mol. The van der Waals surface area contributed by atoms with Crippen molar-refractivity contribution in [2.24, 2.45) is 0 Å². The number of anilines is 1. The van der Waals surface area contributed by atoms with E-state index in [2.05, 4.69) is 21.5 Å². The van der Waals surface area contributed by atoms with Crippen molar-refractivity contribution in [2.75, 3.05) is 5.32 Å². The number of nitrogens with one attached hydrogen (secondary N) is 1. The Morgan fingerprint density at radius 2 is 2.12 bits per heavy atom. The molecule has 0 atom stereocenters. The van der Waals surface area contributed by atoms with Crippen molar-refractivity contribution in [2.45, 2.75) is 6.54 Å². The van der Waals surface area contributed by atoms with Crippen LogP contribution in [-0.4, -0.2) is 14.6 Å². The summed E-state index contributed by atoms with van der Waals surface area (Å²) >= 11 is 0. The number of fused-ring (bicyclic) bond motifs is 1. The molecule has 3 heterocycles. The number of aromatic nitrogens is 3. The van der Waals surface area contributed by atoms with Gasteiger partial charge in [-0.2, -0.15) is 5.10 Å². The van der Waals surface area contributed by atoms with Crippen molar-refractivity contribution >= 4 is 11.2 Å². The van der Waals surface area contributed by atoms with E-state index in [1.165, 1.54) is 5.56 Å². The third-order valence-electron chi connectivity index (χ3n) is 2.65. The van der Waals surface area contributed by atoms with Crippen LogP contribution in [0.1, 0.15) is 5.56 Å². The highest BCUT2D eigenvalue weighted by Gasteiger charge is 2.02. The van der Waals surface area contributed by atoms with Gasteiger partial charge in [0.25, 0.3) is 0 Å². The molecule has 0 aliphatic rings. The van der Waals surface area contributed by atoms with Gasteiger partial charge in [-0.3, -0.25) is 4.98 Å². The molecular weight excluding hydrogens is 212 g/mol. The zero-order valence-electron chi connectivity index (χ0n) is 9.24. The predicted molar refractivity (Wildman–Crippen MR) is 66.8 cm³/mol. The maximum absolute atomic E-state index is 4.29. The smallest absolute Gasteiger partial charge is 0.0711 e. The van der Waals surface area contributed by atoms with Crippen molar-refractivity contribution in [3.63, 3.8) is 0 Å². The zero-order valence-corrected chi connectivity index (χ0v) is 9.24. The molecule has 4 heteroatoms. The van der Waals surface area contributed by atoms with Crippen LogP contribution >= 0.6 is 0 Å². The molecule has 17 heavy (non-hydrogen) atoms. The molecule has 0 spiro atoms. The fourth-order valence-corrected chi connectivity index (χ4v) is 1.79. The summed E-state index contributed by atoms with van der Waals surface area (Å²) in [6.45, 7) is 0.749. The standard InChI is InChI=1S/C13H12N4/c1-2-7-17-13(5-1)11(9-16-17)8-15-12-4-3-6-14-10-12/h1-7,9-10,15H,8H2. The molecule has 3 aromatic rings. The molecule has 0 saturated heterocycles. The number of rotatable bonds is 3. The quantitative estimate of drug-likeness (QED) is 0.742. The average molecular weight is 224 g/mol. The van der Waals surface area contributed by atoms with E-state index in [-0.39, 0.29) is 0 Å². The molecule has 0 aromatic carbocycles. The van der Waals surface area contributed by atoms with Crippen molar-refractivity contribution in [1.29, 1.82) is 0 Å². The highest BCUT2D eigenvalue weighted by Crippen LogP contribution is 2.12. The third kappa shape index (κ3) is 1.97. The van der Waals surface area contributed by atoms with Crippen LogP contribution in [0.2, 0.25) is 0 Å². The molecule has 0 aliphatic carbocycles. The van der Waals surface area contributed by atoms with Crippen LogP contribution in [0.4, 0.5) is 5.69 Å². The summed E-state index contributed by atoms with van der Waals surface area (Å²) in [5, 5.41) is 7.62. The predicted octanol–water partition coefficient (Wildman–Crippen LogP) is 2.34. The van der Waals surface area contributed by atoms with Gasteiger partial charge in [0.05, 0.1) is 17.4 Å². The fourth-order valence-electron chi connectivity index (χ4n) is 1.79. The van der Waals surface area contributed by atoms with Gasteiger partial charge in [0.1, 0.15) is 0 Å². The Balaban J connectivity index is 1.82. The Labute approximate surface area is 98.9 Å². The molecule has 0 fully saturated rings. The second-order valence-electron chi connectivity index (χ2n) is 3.80. The first kappa shape index (κ1) is 9.84. The summed E-state index contributed by atoms with van der Waals surface area (Å²) in [7, 11) is 0. The van der Waals surface area contributed by atoms with Crippen LogP contribution in [0.5, 0.6) is 0 Å². The minimum Gasteiger partial charge on any atom is -0.380 e. The number of pyridine rings is 2. The number of hydrogen-bond donors (Lipinski definition) is 1. The van der Waals surface area contributed by atoms with Gasteiger partial charge in [0.15, 0.2) is 0 Å². The molecule has 0 amide bonds. The normalized spacial score (nSPS) is 10.6. The van der Waals surface area contributed by atoms with Crippen LogP contribution in [0.15, 0.2) is 55.1 Å². The lowest BCUT2D eigenvalue weighted by Gasteiger charge is -2.03. The molecule has 0 aliphatic heterocycles. The van der Waals surface area contributed by atoms with Gasteiger partial charge in [-0.15, -0.1) is 0 Å². The summed E-state index contributed by atoms with van der Waals surface area (Å²) in [4.78, 5) is 4.06. The molecular formula is C13H12N4. The topological polar surface area (TPSA) is 42.2 Å². The van der Waals surface area contributed by atoms with Crippen LogP contribution < -0.4 is 5.32 Å². The van der Waals surface area contributed by atoms with E-state index in [1.54, 1.807) is 6.20 Å². The first-order chi connectivity index (χ1) is 8.43.